The first-order valence-electron chi connectivity index (χ1n) is 8.43. The number of H-pyrrole nitrogens is 1. The van der Waals surface area contributed by atoms with Gasteiger partial charge in [-0.25, -0.2) is 4.68 Å². The van der Waals surface area contributed by atoms with Gasteiger partial charge in [0.15, 0.2) is 11.3 Å². The van der Waals surface area contributed by atoms with Crippen LogP contribution >= 0.6 is 0 Å². The van der Waals surface area contributed by atoms with Crippen LogP contribution in [0.15, 0.2) is 12.3 Å². The zero-order chi connectivity index (χ0) is 16.7. The first-order chi connectivity index (χ1) is 11.7. The predicted octanol–water partition coefficient (Wildman–Crippen LogP) is 2.42. The summed E-state index contributed by atoms with van der Waals surface area (Å²) in [5, 5.41) is 19.8. The van der Waals surface area contributed by atoms with E-state index in [4.69, 9.17) is 0 Å². The fourth-order valence-corrected chi connectivity index (χ4v) is 3.47. The fourth-order valence-electron chi connectivity index (χ4n) is 3.47. The second-order valence-corrected chi connectivity index (χ2v) is 6.29. The molecule has 0 bridgehead atoms. The highest BCUT2D eigenvalue weighted by atomic mass is 16.2. The Hall–Kier alpha value is -2.64. The monoisotopic (exact) mass is 327 g/mol. The van der Waals surface area contributed by atoms with Crippen molar-refractivity contribution < 1.29 is 4.79 Å². The minimum absolute atomic E-state index is 0.233. The summed E-state index contributed by atoms with van der Waals surface area (Å²) in [6.45, 7) is 2.03. The zero-order valence-corrected chi connectivity index (χ0v) is 13.9. The summed E-state index contributed by atoms with van der Waals surface area (Å²) < 4.78 is 3.64. The highest BCUT2D eigenvalue weighted by Crippen LogP contribution is 2.29. The lowest BCUT2D eigenvalue weighted by Crippen LogP contribution is -2.15. The van der Waals surface area contributed by atoms with Gasteiger partial charge < -0.3 is 5.32 Å². The molecule has 0 aromatic carbocycles. The molecule has 4 rings (SSSR count). The van der Waals surface area contributed by atoms with Crippen molar-refractivity contribution in [2.75, 3.05) is 5.32 Å². The molecule has 1 aliphatic carbocycles. The maximum Gasteiger partial charge on any atom is 0.277 e. The van der Waals surface area contributed by atoms with Crippen LogP contribution in [0.25, 0.3) is 11.0 Å². The van der Waals surface area contributed by atoms with E-state index in [0.29, 0.717) is 17.6 Å². The molecule has 1 saturated carbocycles. The van der Waals surface area contributed by atoms with Crippen molar-refractivity contribution in [2.45, 2.75) is 45.1 Å². The van der Waals surface area contributed by atoms with Gasteiger partial charge in [0.1, 0.15) is 5.82 Å². The van der Waals surface area contributed by atoms with Gasteiger partial charge in [0.05, 0.1) is 17.1 Å². The van der Waals surface area contributed by atoms with Gasteiger partial charge >= 0.3 is 0 Å². The quantitative estimate of drug-likeness (QED) is 0.769. The highest BCUT2D eigenvalue weighted by molar-refractivity contribution is 6.06. The summed E-state index contributed by atoms with van der Waals surface area (Å²) in [5.74, 6) is 0.346. The molecular weight excluding hydrogens is 306 g/mol. The Bertz CT molecular complexity index is 882. The Balaban J connectivity index is 1.58. The number of carbonyl (C=O) groups is 1. The number of anilines is 1. The van der Waals surface area contributed by atoms with Gasteiger partial charge in [-0.3, -0.25) is 14.6 Å². The zero-order valence-electron chi connectivity index (χ0n) is 13.9. The molecule has 1 fully saturated rings. The first-order valence-corrected chi connectivity index (χ1v) is 8.43. The molecule has 2 N–H and O–H groups in total. The lowest BCUT2D eigenvalue weighted by Gasteiger charge is -2.08. The minimum atomic E-state index is -0.233. The topological polar surface area (TPSA) is 93.4 Å². The van der Waals surface area contributed by atoms with Gasteiger partial charge in [-0.15, -0.1) is 0 Å². The molecule has 3 heterocycles. The molecule has 0 unspecified atom stereocenters. The molecule has 126 valence electrons. The van der Waals surface area contributed by atoms with E-state index in [-0.39, 0.29) is 5.91 Å². The molecule has 0 saturated heterocycles. The van der Waals surface area contributed by atoms with Gasteiger partial charge in [-0.1, -0.05) is 19.8 Å². The third-order valence-electron chi connectivity index (χ3n) is 4.73. The molecule has 0 spiro atoms. The lowest BCUT2D eigenvalue weighted by molar-refractivity contribution is 0.102. The molecule has 3 aromatic heterocycles. The van der Waals surface area contributed by atoms with E-state index in [9.17, 15) is 4.79 Å². The summed E-state index contributed by atoms with van der Waals surface area (Å²) in [4.78, 5) is 12.5. The van der Waals surface area contributed by atoms with Crippen molar-refractivity contribution in [2.24, 2.45) is 7.05 Å². The Labute approximate surface area is 139 Å². The maximum absolute atomic E-state index is 12.5. The fraction of sp³-hybridized carbons (Fsp3) is 0.500. The summed E-state index contributed by atoms with van der Waals surface area (Å²) >= 11 is 0. The number of hydrogen-bond acceptors (Lipinski definition) is 4. The third-order valence-corrected chi connectivity index (χ3v) is 4.73. The van der Waals surface area contributed by atoms with Gasteiger partial charge in [0, 0.05) is 13.2 Å². The van der Waals surface area contributed by atoms with Crippen LogP contribution in [-0.4, -0.2) is 35.7 Å². The number of fused-ring (bicyclic) bond motifs is 1. The van der Waals surface area contributed by atoms with E-state index in [0.717, 1.165) is 36.0 Å². The van der Waals surface area contributed by atoms with Crippen LogP contribution in [0.2, 0.25) is 0 Å². The van der Waals surface area contributed by atoms with Crippen LogP contribution < -0.4 is 5.32 Å². The van der Waals surface area contributed by atoms with Crippen LogP contribution in [0.4, 0.5) is 5.82 Å². The lowest BCUT2D eigenvalue weighted by atomic mass is 10.2. The van der Waals surface area contributed by atoms with Gasteiger partial charge in [-0.05, 0) is 25.3 Å². The Morgan fingerprint density at radius 1 is 1.38 bits per heavy atom. The van der Waals surface area contributed by atoms with E-state index in [1.807, 2.05) is 24.9 Å². The second-order valence-electron chi connectivity index (χ2n) is 6.29. The normalized spacial score (nSPS) is 15.4. The number of aromatic nitrogens is 6. The molecule has 0 atom stereocenters. The highest BCUT2D eigenvalue weighted by Gasteiger charge is 2.21. The third kappa shape index (κ3) is 2.38. The molecule has 3 aromatic rings. The summed E-state index contributed by atoms with van der Waals surface area (Å²) in [6, 6.07) is 2.20. The van der Waals surface area contributed by atoms with Gasteiger partial charge in [0.25, 0.3) is 5.91 Å². The van der Waals surface area contributed by atoms with E-state index in [2.05, 4.69) is 25.7 Å². The van der Waals surface area contributed by atoms with Gasteiger partial charge in [-0.2, -0.15) is 15.3 Å². The van der Waals surface area contributed by atoms with Crippen molar-refractivity contribution in [3.8, 4) is 0 Å². The van der Waals surface area contributed by atoms with Crippen molar-refractivity contribution in [3.63, 3.8) is 0 Å². The van der Waals surface area contributed by atoms with Crippen LogP contribution in [0.5, 0.6) is 0 Å². The average molecular weight is 327 g/mol. The largest absolute Gasteiger partial charge is 0.305 e. The summed E-state index contributed by atoms with van der Waals surface area (Å²) in [5.41, 5.74) is 2.07. The van der Waals surface area contributed by atoms with Crippen LogP contribution in [0.1, 0.15) is 54.8 Å². The smallest absolute Gasteiger partial charge is 0.277 e. The number of nitrogens with one attached hydrogen (secondary N) is 2. The number of carbonyl (C=O) groups excluding carboxylic acids is 1. The number of aryl methyl sites for hydroxylation is 2. The average Bonchev–Trinajstić information content (AvgIpc) is 3.33. The number of aromatic amines is 1. The Morgan fingerprint density at radius 2 is 2.17 bits per heavy atom. The molecule has 0 aliphatic heterocycles. The molecule has 0 radical (unpaired) electrons. The number of hydrogen-bond donors (Lipinski definition) is 2. The molecular formula is C16H21N7O. The van der Waals surface area contributed by atoms with E-state index in [1.54, 1.807) is 10.7 Å². The number of nitrogens with zero attached hydrogens (tertiary/aromatic N) is 5. The van der Waals surface area contributed by atoms with E-state index < -0.39 is 0 Å². The van der Waals surface area contributed by atoms with E-state index in [1.165, 1.54) is 12.8 Å². The van der Waals surface area contributed by atoms with Crippen LogP contribution in [-0.2, 0) is 13.5 Å². The van der Waals surface area contributed by atoms with E-state index >= 15 is 0 Å². The second kappa shape index (κ2) is 5.77. The molecule has 24 heavy (non-hydrogen) atoms. The summed E-state index contributed by atoms with van der Waals surface area (Å²) in [6.07, 6.45) is 7.42. The van der Waals surface area contributed by atoms with Crippen molar-refractivity contribution >= 4 is 22.8 Å². The number of amides is 1. The van der Waals surface area contributed by atoms with Crippen molar-refractivity contribution in [3.05, 3.63) is 23.7 Å². The maximum atomic E-state index is 12.5. The predicted molar refractivity (Wildman–Crippen MR) is 89.9 cm³/mol. The molecule has 8 nitrogen and oxygen atoms in total. The summed E-state index contributed by atoms with van der Waals surface area (Å²) in [7, 11) is 1.84. The van der Waals surface area contributed by atoms with Crippen molar-refractivity contribution in [1.29, 1.82) is 0 Å². The van der Waals surface area contributed by atoms with Crippen LogP contribution in [0, 0.1) is 0 Å². The van der Waals surface area contributed by atoms with Crippen LogP contribution in [0.3, 0.4) is 0 Å². The Kier molecular flexibility index (Phi) is 3.59. The standard InChI is InChI=1S/C16H21N7O/c1-3-11-13-14(18-19-15(13)22(2)20-11)17-16(24)12-8-9-23(21-12)10-6-4-5-7-10/h8-10H,3-7H2,1-2H3,(H2,17,18,19,24). The first kappa shape index (κ1) is 14.9. The molecule has 1 aliphatic rings. The SMILES string of the molecule is CCc1nn(C)c2n[nH]c(NC(=O)c3ccn(C4CCCC4)n3)c12. The molecule has 8 heteroatoms. The minimum Gasteiger partial charge on any atom is -0.305 e. The van der Waals surface area contributed by atoms with Gasteiger partial charge in [0.2, 0.25) is 0 Å². The molecule has 1 amide bonds. The van der Waals surface area contributed by atoms with Crippen molar-refractivity contribution in [1.82, 2.24) is 29.8 Å². The number of rotatable bonds is 4. The Morgan fingerprint density at radius 3 is 2.92 bits per heavy atom.